The molecule has 0 aliphatic heterocycles. The Morgan fingerprint density at radius 3 is 2.10 bits per heavy atom. The van der Waals surface area contributed by atoms with E-state index in [1.165, 1.54) is 30.4 Å². The highest BCUT2D eigenvalue weighted by molar-refractivity contribution is 5.36. The second-order valence-electron chi connectivity index (χ2n) is 7.02. The molecule has 1 aliphatic carbocycles. The standard InChI is InChI=1S/C19H31N/c1-6-20-19(17-11-13(2)10-14(3)12-17)18-15(4)8-7-9-16(18)5/h7-9,13-14,17,19-20H,6,10-12H2,1-5H3. The molecule has 112 valence electrons. The predicted octanol–water partition coefficient (Wildman–Crippen LogP) is 5.03. The average Bonchev–Trinajstić information content (AvgIpc) is 2.36. The number of hydrogen-bond donors (Lipinski definition) is 1. The van der Waals surface area contributed by atoms with E-state index < -0.39 is 0 Å². The number of hydrogen-bond acceptors (Lipinski definition) is 1. The van der Waals surface area contributed by atoms with Gasteiger partial charge in [0.25, 0.3) is 0 Å². The quantitative estimate of drug-likeness (QED) is 0.811. The molecule has 1 saturated carbocycles. The Labute approximate surface area is 125 Å². The van der Waals surface area contributed by atoms with Gasteiger partial charge < -0.3 is 5.32 Å². The lowest BCUT2D eigenvalue weighted by Gasteiger charge is -2.38. The summed E-state index contributed by atoms with van der Waals surface area (Å²) in [5.41, 5.74) is 4.45. The largest absolute Gasteiger partial charge is 0.310 e. The van der Waals surface area contributed by atoms with Crippen molar-refractivity contribution in [2.24, 2.45) is 17.8 Å². The van der Waals surface area contributed by atoms with E-state index in [0.717, 1.165) is 24.3 Å². The van der Waals surface area contributed by atoms with Crippen LogP contribution in [0.2, 0.25) is 0 Å². The minimum Gasteiger partial charge on any atom is -0.310 e. The molecule has 1 aliphatic rings. The molecule has 1 aromatic carbocycles. The van der Waals surface area contributed by atoms with E-state index >= 15 is 0 Å². The van der Waals surface area contributed by atoms with E-state index in [2.05, 4.69) is 58.1 Å². The van der Waals surface area contributed by atoms with E-state index in [1.54, 1.807) is 5.56 Å². The smallest absolute Gasteiger partial charge is 0.0354 e. The molecule has 0 heterocycles. The van der Waals surface area contributed by atoms with Crippen LogP contribution in [-0.4, -0.2) is 6.54 Å². The minimum absolute atomic E-state index is 0.534. The lowest BCUT2D eigenvalue weighted by Crippen LogP contribution is -2.34. The Morgan fingerprint density at radius 1 is 1.05 bits per heavy atom. The number of benzene rings is 1. The van der Waals surface area contributed by atoms with Crippen LogP contribution in [0.3, 0.4) is 0 Å². The van der Waals surface area contributed by atoms with Crippen LogP contribution in [-0.2, 0) is 0 Å². The summed E-state index contributed by atoms with van der Waals surface area (Å²) in [5.74, 6) is 2.52. The molecule has 1 heteroatoms. The summed E-state index contributed by atoms with van der Waals surface area (Å²) in [6, 6.07) is 7.25. The van der Waals surface area contributed by atoms with Gasteiger partial charge in [-0.2, -0.15) is 0 Å². The molecule has 0 spiro atoms. The van der Waals surface area contributed by atoms with Gasteiger partial charge in [-0.3, -0.25) is 0 Å². The van der Waals surface area contributed by atoms with Gasteiger partial charge in [-0.15, -0.1) is 0 Å². The summed E-state index contributed by atoms with van der Waals surface area (Å²) < 4.78 is 0. The molecule has 2 rings (SSSR count). The molecule has 1 N–H and O–H groups in total. The third kappa shape index (κ3) is 3.44. The highest BCUT2D eigenvalue weighted by atomic mass is 14.9. The molecule has 0 saturated heterocycles. The molecule has 0 aromatic heterocycles. The van der Waals surface area contributed by atoms with Gasteiger partial charge in [-0.1, -0.05) is 39.0 Å². The van der Waals surface area contributed by atoms with E-state index in [0.29, 0.717) is 6.04 Å². The molecule has 1 aromatic rings. The van der Waals surface area contributed by atoms with Gasteiger partial charge in [0, 0.05) is 6.04 Å². The summed E-state index contributed by atoms with van der Waals surface area (Å²) in [4.78, 5) is 0. The molecule has 3 unspecified atom stereocenters. The van der Waals surface area contributed by atoms with Crippen molar-refractivity contribution >= 4 is 0 Å². The Kier molecular flexibility index (Phi) is 5.26. The van der Waals surface area contributed by atoms with Gasteiger partial charge >= 0.3 is 0 Å². The first-order valence-corrected chi connectivity index (χ1v) is 8.32. The van der Waals surface area contributed by atoms with Crippen LogP contribution >= 0.6 is 0 Å². The zero-order chi connectivity index (χ0) is 14.7. The number of aryl methyl sites for hydroxylation is 2. The van der Waals surface area contributed by atoms with Crippen LogP contribution in [0.4, 0.5) is 0 Å². The minimum atomic E-state index is 0.534. The van der Waals surface area contributed by atoms with Crippen molar-refractivity contribution in [2.75, 3.05) is 6.54 Å². The Balaban J connectivity index is 2.31. The molecule has 0 amide bonds. The Hall–Kier alpha value is -0.820. The molecule has 0 bridgehead atoms. The van der Waals surface area contributed by atoms with Crippen LogP contribution < -0.4 is 5.32 Å². The van der Waals surface area contributed by atoms with E-state index in [1.807, 2.05) is 0 Å². The van der Waals surface area contributed by atoms with Gasteiger partial charge in [0.05, 0.1) is 0 Å². The van der Waals surface area contributed by atoms with Gasteiger partial charge in [0.2, 0.25) is 0 Å². The molecular weight excluding hydrogens is 242 g/mol. The normalized spacial score (nSPS) is 28.4. The molecular formula is C19H31N. The monoisotopic (exact) mass is 273 g/mol. The van der Waals surface area contributed by atoms with Crippen LogP contribution in [0.5, 0.6) is 0 Å². The molecule has 0 radical (unpaired) electrons. The summed E-state index contributed by atoms with van der Waals surface area (Å²) in [5, 5.41) is 3.79. The van der Waals surface area contributed by atoms with Crippen molar-refractivity contribution in [3.63, 3.8) is 0 Å². The average molecular weight is 273 g/mol. The molecule has 1 nitrogen and oxygen atoms in total. The SMILES string of the molecule is CCNC(c1c(C)cccc1C)C1CC(C)CC(C)C1. The summed E-state index contributed by atoms with van der Waals surface area (Å²) >= 11 is 0. The van der Waals surface area contributed by atoms with Crippen molar-refractivity contribution in [3.8, 4) is 0 Å². The van der Waals surface area contributed by atoms with Crippen LogP contribution in [0.15, 0.2) is 18.2 Å². The Morgan fingerprint density at radius 2 is 1.60 bits per heavy atom. The van der Waals surface area contributed by atoms with Crippen LogP contribution in [0.25, 0.3) is 0 Å². The van der Waals surface area contributed by atoms with E-state index in [9.17, 15) is 0 Å². The number of nitrogens with one attached hydrogen (secondary N) is 1. The lowest BCUT2D eigenvalue weighted by molar-refractivity contribution is 0.177. The van der Waals surface area contributed by atoms with Gasteiger partial charge in [-0.05, 0) is 74.1 Å². The van der Waals surface area contributed by atoms with E-state index in [4.69, 9.17) is 0 Å². The van der Waals surface area contributed by atoms with Gasteiger partial charge in [-0.25, -0.2) is 0 Å². The van der Waals surface area contributed by atoms with Crippen LogP contribution in [0.1, 0.15) is 62.8 Å². The zero-order valence-corrected chi connectivity index (χ0v) is 13.9. The topological polar surface area (TPSA) is 12.0 Å². The first-order chi connectivity index (χ1) is 9.52. The maximum atomic E-state index is 3.79. The van der Waals surface area contributed by atoms with Crippen molar-refractivity contribution in [2.45, 2.75) is 59.9 Å². The maximum Gasteiger partial charge on any atom is 0.0354 e. The fraction of sp³-hybridized carbons (Fsp3) is 0.684. The number of rotatable bonds is 4. The van der Waals surface area contributed by atoms with Crippen LogP contribution in [0, 0.1) is 31.6 Å². The second-order valence-corrected chi connectivity index (χ2v) is 7.02. The van der Waals surface area contributed by atoms with Crippen molar-refractivity contribution < 1.29 is 0 Å². The first kappa shape index (κ1) is 15.6. The van der Waals surface area contributed by atoms with Crippen molar-refractivity contribution in [1.29, 1.82) is 0 Å². The highest BCUT2D eigenvalue weighted by Crippen LogP contribution is 2.41. The lowest BCUT2D eigenvalue weighted by atomic mass is 9.71. The summed E-state index contributed by atoms with van der Waals surface area (Å²) in [7, 11) is 0. The summed E-state index contributed by atoms with van der Waals surface area (Å²) in [6.45, 7) is 12.7. The summed E-state index contributed by atoms with van der Waals surface area (Å²) in [6.07, 6.45) is 4.15. The predicted molar refractivity (Wildman–Crippen MR) is 88.0 cm³/mol. The maximum absolute atomic E-state index is 3.79. The molecule has 1 fully saturated rings. The van der Waals surface area contributed by atoms with Crippen molar-refractivity contribution in [3.05, 3.63) is 34.9 Å². The first-order valence-electron chi connectivity index (χ1n) is 8.32. The van der Waals surface area contributed by atoms with Gasteiger partial charge in [0.1, 0.15) is 0 Å². The van der Waals surface area contributed by atoms with Crippen molar-refractivity contribution in [1.82, 2.24) is 5.32 Å². The second kappa shape index (κ2) is 6.76. The highest BCUT2D eigenvalue weighted by Gasteiger charge is 2.31. The fourth-order valence-electron chi connectivity index (χ4n) is 4.32. The molecule has 3 atom stereocenters. The third-order valence-electron chi connectivity index (χ3n) is 4.96. The van der Waals surface area contributed by atoms with E-state index in [-0.39, 0.29) is 0 Å². The zero-order valence-electron chi connectivity index (χ0n) is 13.9. The third-order valence-corrected chi connectivity index (χ3v) is 4.96. The molecule has 20 heavy (non-hydrogen) atoms. The van der Waals surface area contributed by atoms with Gasteiger partial charge in [0.15, 0.2) is 0 Å². The Bertz CT molecular complexity index is 407. The fourth-order valence-corrected chi connectivity index (χ4v) is 4.32.